The number of alkyl halides is 3. The molecule has 1 unspecified atom stereocenters. The third-order valence-corrected chi connectivity index (χ3v) is 9.28. The van der Waals surface area contributed by atoms with Gasteiger partial charge in [-0.3, -0.25) is 4.79 Å². The van der Waals surface area contributed by atoms with Crippen molar-refractivity contribution < 1.29 is 36.2 Å². The van der Waals surface area contributed by atoms with Crippen molar-refractivity contribution in [1.29, 1.82) is 0 Å². The van der Waals surface area contributed by atoms with Gasteiger partial charge in [0.2, 0.25) is 0 Å². The van der Waals surface area contributed by atoms with Crippen molar-refractivity contribution in [2.75, 3.05) is 4.31 Å². The van der Waals surface area contributed by atoms with Crippen LogP contribution in [0.15, 0.2) is 108 Å². The van der Waals surface area contributed by atoms with Crippen LogP contribution in [0.4, 0.5) is 19.0 Å². The van der Waals surface area contributed by atoms with Gasteiger partial charge in [-0.05, 0) is 53.6 Å². The van der Waals surface area contributed by atoms with Gasteiger partial charge >= 0.3 is 6.36 Å². The molecule has 0 aliphatic carbocycles. The number of hydrogen-bond donors (Lipinski definition) is 1. The maximum atomic E-state index is 14.4. The van der Waals surface area contributed by atoms with E-state index in [2.05, 4.69) is 4.74 Å². The molecule has 11 heteroatoms. The Morgan fingerprint density at radius 1 is 0.870 bits per heavy atom. The number of halogens is 3. The van der Waals surface area contributed by atoms with E-state index in [0.29, 0.717) is 22.4 Å². The highest BCUT2D eigenvalue weighted by Gasteiger charge is 2.32. The maximum Gasteiger partial charge on any atom is 0.573 e. The van der Waals surface area contributed by atoms with E-state index in [0.717, 1.165) is 27.2 Å². The van der Waals surface area contributed by atoms with Gasteiger partial charge in [-0.1, -0.05) is 92.7 Å². The van der Waals surface area contributed by atoms with E-state index >= 15 is 0 Å². The molecular weight excluding hydrogens is 617 g/mol. The van der Waals surface area contributed by atoms with Crippen molar-refractivity contribution in [1.82, 2.24) is 4.98 Å². The summed E-state index contributed by atoms with van der Waals surface area (Å²) in [7, 11) is -4.35. The lowest BCUT2D eigenvalue weighted by Crippen LogP contribution is -2.32. The number of carbonyl (C=O) groups is 1. The van der Waals surface area contributed by atoms with Crippen LogP contribution >= 0.6 is 0 Å². The van der Waals surface area contributed by atoms with Gasteiger partial charge < -0.3 is 9.84 Å². The number of aryl methyl sites for hydroxylation is 1. The van der Waals surface area contributed by atoms with E-state index in [-0.39, 0.29) is 28.7 Å². The zero-order chi connectivity index (χ0) is 33.2. The molecule has 5 rings (SSSR count). The summed E-state index contributed by atoms with van der Waals surface area (Å²) in [4.78, 5) is 17.5. The zero-order valence-electron chi connectivity index (χ0n) is 25.2. The summed E-state index contributed by atoms with van der Waals surface area (Å²) in [6, 6.07) is 26.1. The normalized spacial score (nSPS) is 12.7. The third kappa shape index (κ3) is 6.90. The second kappa shape index (κ2) is 12.9. The van der Waals surface area contributed by atoms with Crippen LogP contribution in [-0.2, 0) is 16.6 Å². The summed E-state index contributed by atoms with van der Waals surface area (Å²) >= 11 is 0. The number of aliphatic hydroxyl groups excluding tert-OH is 1. The van der Waals surface area contributed by atoms with Crippen LogP contribution in [-0.4, -0.2) is 30.7 Å². The topological polar surface area (TPSA) is 96.8 Å². The Morgan fingerprint density at radius 2 is 1.46 bits per heavy atom. The zero-order valence-corrected chi connectivity index (χ0v) is 26.0. The fraction of sp³-hybridized carbons (Fsp3) is 0.200. The number of benzene rings is 4. The first-order valence-electron chi connectivity index (χ1n) is 14.4. The lowest BCUT2D eigenvalue weighted by molar-refractivity contribution is -0.274. The van der Waals surface area contributed by atoms with Gasteiger partial charge in [0.05, 0.1) is 17.1 Å². The van der Waals surface area contributed by atoms with Crippen molar-refractivity contribution in [3.8, 4) is 5.75 Å². The molecule has 0 aliphatic heterocycles. The molecule has 1 atom stereocenters. The summed E-state index contributed by atoms with van der Waals surface area (Å²) in [5.41, 5.74) is 2.19. The van der Waals surface area contributed by atoms with Crippen molar-refractivity contribution in [3.63, 3.8) is 0 Å². The van der Waals surface area contributed by atoms with Gasteiger partial charge in [0.15, 0.2) is 5.78 Å². The van der Waals surface area contributed by atoms with Crippen LogP contribution in [0, 0.1) is 6.92 Å². The van der Waals surface area contributed by atoms with Crippen LogP contribution in [0.3, 0.4) is 0 Å². The van der Waals surface area contributed by atoms with Crippen molar-refractivity contribution in [2.24, 2.45) is 0 Å². The molecule has 1 aromatic heterocycles. The van der Waals surface area contributed by atoms with Crippen LogP contribution < -0.4 is 9.04 Å². The largest absolute Gasteiger partial charge is 0.573 e. The molecule has 7 nitrogen and oxygen atoms in total. The Bertz CT molecular complexity index is 1960. The molecule has 5 aromatic rings. The van der Waals surface area contributed by atoms with Crippen molar-refractivity contribution in [2.45, 2.75) is 50.6 Å². The van der Waals surface area contributed by atoms with Gasteiger partial charge in [-0.25, -0.2) is 17.7 Å². The lowest BCUT2D eigenvalue weighted by atomic mass is 9.99. The van der Waals surface area contributed by atoms with E-state index in [1.54, 1.807) is 37.3 Å². The Kier molecular flexibility index (Phi) is 9.18. The highest BCUT2D eigenvalue weighted by molar-refractivity contribution is 7.92. The van der Waals surface area contributed by atoms with Gasteiger partial charge in [-0.2, -0.15) is 0 Å². The molecule has 0 saturated carbocycles. The second-order valence-electron chi connectivity index (χ2n) is 11.1. The van der Waals surface area contributed by atoms with Gasteiger partial charge in [0.1, 0.15) is 17.7 Å². The number of fused-ring (bicyclic) bond motifs is 1. The van der Waals surface area contributed by atoms with Crippen LogP contribution in [0.2, 0.25) is 0 Å². The highest BCUT2D eigenvalue weighted by Crippen LogP contribution is 2.36. The van der Waals surface area contributed by atoms with Crippen LogP contribution in [0.25, 0.3) is 10.8 Å². The minimum atomic E-state index is -4.87. The minimum absolute atomic E-state index is 0.0597. The molecule has 46 heavy (non-hydrogen) atoms. The van der Waals surface area contributed by atoms with Gasteiger partial charge in [-0.15, -0.1) is 13.2 Å². The second-order valence-corrected chi connectivity index (χ2v) is 12.9. The van der Waals surface area contributed by atoms with Crippen molar-refractivity contribution >= 4 is 32.4 Å². The monoisotopic (exact) mass is 648 g/mol. The number of aliphatic hydroxyl groups is 1. The van der Waals surface area contributed by atoms with E-state index in [1.165, 1.54) is 36.4 Å². The van der Waals surface area contributed by atoms with Gasteiger partial charge in [0, 0.05) is 16.5 Å². The Morgan fingerprint density at radius 3 is 2.04 bits per heavy atom. The number of nitrogens with zero attached hydrogens (tertiary/aromatic N) is 2. The molecule has 238 valence electrons. The summed E-state index contributed by atoms with van der Waals surface area (Å²) in [6.45, 7) is 5.42. The molecule has 0 radical (unpaired) electrons. The number of ether oxygens (including phenoxy) is 1. The highest BCUT2D eigenvalue weighted by atomic mass is 32.2. The number of ketones is 1. The predicted molar refractivity (Wildman–Crippen MR) is 169 cm³/mol. The number of anilines is 1. The standard InChI is InChI=1S/C35H31F3N2O5S/c1-22(2)31-30-12-8-7-11-29(30)23(3)34(39-31)40(21-24-13-17-27(18-14-24)45-35(36,37)38)46(43,44)28-19-15-26(16-20-28)33(42)32(41)25-9-5-4-6-10-25/h4-20,22,33,42H,21H2,1-3H3. The van der Waals surface area contributed by atoms with Crippen LogP contribution in [0.5, 0.6) is 5.75 Å². The quantitative estimate of drug-likeness (QED) is 0.155. The first kappa shape index (κ1) is 32.6. The number of carbonyl (C=O) groups excluding carboxylic acids is 1. The van der Waals surface area contributed by atoms with E-state index in [1.807, 2.05) is 38.1 Å². The van der Waals surface area contributed by atoms with Crippen LogP contribution in [0.1, 0.15) is 58.6 Å². The summed E-state index contributed by atoms with van der Waals surface area (Å²) in [5.74, 6) is -0.864. The summed E-state index contributed by atoms with van der Waals surface area (Å²) in [6.07, 6.45) is -6.38. The smallest absolute Gasteiger partial charge is 0.406 e. The average molecular weight is 649 g/mol. The Hall–Kier alpha value is -4.74. The van der Waals surface area contributed by atoms with Gasteiger partial charge in [0.25, 0.3) is 10.0 Å². The molecule has 1 N–H and O–H groups in total. The minimum Gasteiger partial charge on any atom is -0.406 e. The maximum absolute atomic E-state index is 14.4. The fourth-order valence-electron chi connectivity index (χ4n) is 5.19. The number of sulfonamides is 1. The van der Waals surface area contributed by atoms with E-state index < -0.39 is 34.0 Å². The molecule has 0 aliphatic rings. The molecule has 0 spiro atoms. The predicted octanol–water partition coefficient (Wildman–Crippen LogP) is 7.88. The fourth-order valence-corrected chi connectivity index (χ4v) is 6.65. The SMILES string of the molecule is Cc1c(N(Cc2ccc(OC(F)(F)F)cc2)S(=O)(=O)c2ccc(C(O)C(=O)c3ccccc3)cc2)nc(C(C)C)c2ccccc12. The Balaban J connectivity index is 1.58. The summed E-state index contributed by atoms with van der Waals surface area (Å²) in [5, 5.41) is 12.4. The third-order valence-electron chi connectivity index (χ3n) is 7.53. The van der Waals surface area contributed by atoms with E-state index in [9.17, 15) is 31.5 Å². The van der Waals surface area contributed by atoms with E-state index in [4.69, 9.17) is 4.98 Å². The molecule has 1 heterocycles. The molecular formula is C35H31F3N2O5S. The molecule has 0 amide bonds. The number of pyridine rings is 1. The molecule has 0 bridgehead atoms. The Labute approximate surface area is 265 Å². The molecule has 4 aromatic carbocycles. The number of aromatic nitrogens is 1. The lowest BCUT2D eigenvalue weighted by Gasteiger charge is -2.27. The number of Topliss-reactive ketones (excluding diaryl/α,β-unsaturated/α-hetero) is 1. The number of rotatable bonds is 10. The summed E-state index contributed by atoms with van der Waals surface area (Å²) < 4.78 is 72.1. The average Bonchev–Trinajstić information content (AvgIpc) is 3.04. The number of hydrogen-bond acceptors (Lipinski definition) is 6. The first-order chi connectivity index (χ1) is 21.8. The first-order valence-corrected chi connectivity index (χ1v) is 15.8. The molecule has 0 fully saturated rings. The molecule has 0 saturated heterocycles. The van der Waals surface area contributed by atoms with Crippen molar-refractivity contribution in [3.05, 3.63) is 131 Å².